The van der Waals surface area contributed by atoms with Crippen molar-refractivity contribution in [2.24, 2.45) is 0 Å². The summed E-state index contributed by atoms with van der Waals surface area (Å²) in [5, 5.41) is 9.94. The molecule has 0 radical (unpaired) electrons. The molecule has 1 rings (SSSR count). The van der Waals surface area contributed by atoms with Gasteiger partial charge in [0.25, 0.3) is 0 Å². The van der Waals surface area contributed by atoms with Crippen LogP contribution in [0.5, 0.6) is 0 Å². The highest BCUT2D eigenvalue weighted by molar-refractivity contribution is 5.94. The molecule has 0 spiro atoms. The molecule has 0 fully saturated rings. The van der Waals surface area contributed by atoms with Crippen LogP contribution in [0.1, 0.15) is 39.5 Å². The highest BCUT2D eigenvalue weighted by Crippen LogP contribution is 2.31. The lowest BCUT2D eigenvalue weighted by Crippen LogP contribution is -2.35. The summed E-state index contributed by atoms with van der Waals surface area (Å²) in [4.78, 5) is 11.3. The topological polar surface area (TPSA) is 37.3 Å². The number of hydrogen-bond donors (Lipinski definition) is 1. The zero-order valence-electron chi connectivity index (χ0n) is 7.76. The molecule has 12 heavy (non-hydrogen) atoms. The third-order valence-corrected chi connectivity index (χ3v) is 2.60. The van der Waals surface area contributed by atoms with E-state index in [2.05, 4.69) is 6.92 Å². The summed E-state index contributed by atoms with van der Waals surface area (Å²) in [5.41, 5.74) is -0.281. The molecule has 0 saturated heterocycles. The standard InChI is InChI=1S/C10H16O2/c1-3-4-7-10(12)8(2)5-6-9(10)11/h5,12H,3-4,6-7H2,1-2H3. The van der Waals surface area contributed by atoms with Gasteiger partial charge >= 0.3 is 0 Å². The Bertz CT molecular complexity index is 218. The van der Waals surface area contributed by atoms with Gasteiger partial charge in [-0.2, -0.15) is 0 Å². The van der Waals surface area contributed by atoms with Crippen LogP contribution in [0.3, 0.4) is 0 Å². The second-order valence-electron chi connectivity index (χ2n) is 3.48. The van der Waals surface area contributed by atoms with Gasteiger partial charge in [-0.05, 0) is 18.9 Å². The van der Waals surface area contributed by atoms with Crippen LogP contribution in [0.15, 0.2) is 11.6 Å². The Hall–Kier alpha value is -0.630. The second kappa shape index (κ2) is 3.40. The molecule has 2 heteroatoms. The van der Waals surface area contributed by atoms with Crippen molar-refractivity contribution in [3.8, 4) is 0 Å². The number of hydrogen-bond acceptors (Lipinski definition) is 2. The number of carbonyl (C=O) groups excluding carboxylic acids is 1. The largest absolute Gasteiger partial charge is 0.378 e. The van der Waals surface area contributed by atoms with Gasteiger partial charge in [-0.25, -0.2) is 0 Å². The molecule has 1 atom stereocenters. The molecule has 0 aromatic rings. The first-order chi connectivity index (χ1) is 5.61. The van der Waals surface area contributed by atoms with Crippen LogP contribution in [-0.2, 0) is 4.79 Å². The zero-order chi connectivity index (χ0) is 9.19. The molecule has 1 unspecified atom stereocenters. The molecule has 0 aliphatic heterocycles. The molecule has 1 aliphatic rings. The van der Waals surface area contributed by atoms with E-state index in [0.717, 1.165) is 18.4 Å². The van der Waals surface area contributed by atoms with E-state index in [0.29, 0.717) is 12.8 Å². The van der Waals surface area contributed by atoms with Crippen molar-refractivity contribution in [2.75, 3.05) is 0 Å². The molecule has 0 saturated carbocycles. The predicted molar refractivity (Wildman–Crippen MR) is 47.9 cm³/mol. The number of Topliss-reactive ketones (excluding diaryl/α,β-unsaturated/α-hetero) is 1. The lowest BCUT2D eigenvalue weighted by molar-refractivity contribution is -0.132. The van der Waals surface area contributed by atoms with Crippen molar-refractivity contribution in [2.45, 2.75) is 45.1 Å². The van der Waals surface area contributed by atoms with Crippen LogP contribution in [0.2, 0.25) is 0 Å². The van der Waals surface area contributed by atoms with Gasteiger partial charge in [0.1, 0.15) is 5.60 Å². The molecule has 1 N–H and O–H groups in total. The quantitative estimate of drug-likeness (QED) is 0.653. The number of rotatable bonds is 3. The van der Waals surface area contributed by atoms with Gasteiger partial charge in [-0.1, -0.05) is 25.8 Å². The average Bonchev–Trinajstić information content (AvgIpc) is 2.30. The second-order valence-corrected chi connectivity index (χ2v) is 3.48. The SMILES string of the molecule is CCCCC1(O)C(=O)CC=C1C. The predicted octanol–water partition coefficient (Wildman–Crippen LogP) is 1.83. The van der Waals surface area contributed by atoms with Crippen LogP contribution in [0, 0.1) is 0 Å². The maximum atomic E-state index is 11.3. The van der Waals surface area contributed by atoms with Gasteiger partial charge < -0.3 is 5.11 Å². The molecule has 1 aliphatic carbocycles. The Morgan fingerprint density at radius 1 is 1.67 bits per heavy atom. The third kappa shape index (κ3) is 1.44. The summed E-state index contributed by atoms with van der Waals surface area (Å²) in [7, 11) is 0. The van der Waals surface area contributed by atoms with Gasteiger partial charge in [-0.3, -0.25) is 4.79 Å². The molecule has 0 amide bonds. The third-order valence-electron chi connectivity index (χ3n) is 2.60. The van der Waals surface area contributed by atoms with Gasteiger partial charge in [0.05, 0.1) is 0 Å². The monoisotopic (exact) mass is 168 g/mol. The smallest absolute Gasteiger partial charge is 0.172 e. The summed E-state index contributed by atoms with van der Waals surface area (Å²) >= 11 is 0. The Morgan fingerprint density at radius 2 is 2.33 bits per heavy atom. The van der Waals surface area contributed by atoms with Crippen molar-refractivity contribution in [3.05, 3.63) is 11.6 Å². The number of carbonyl (C=O) groups is 1. The molecule has 68 valence electrons. The van der Waals surface area contributed by atoms with Gasteiger partial charge in [0.2, 0.25) is 0 Å². The normalized spacial score (nSPS) is 29.2. The minimum Gasteiger partial charge on any atom is -0.378 e. The van der Waals surface area contributed by atoms with E-state index in [4.69, 9.17) is 0 Å². The van der Waals surface area contributed by atoms with E-state index < -0.39 is 5.60 Å². The summed E-state index contributed by atoms with van der Waals surface area (Å²) in [5.74, 6) is -0.0338. The molecule has 2 nitrogen and oxygen atoms in total. The van der Waals surface area contributed by atoms with Crippen molar-refractivity contribution < 1.29 is 9.90 Å². The molecule has 0 heterocycles. The first-order valence-electron chi connectivity index (χ1n) is 4.54. The minimum atomic E-state index is -1.12. The Kier molecular flexibility index (Phi) is 2.68. The summed E-state index contributed by atoms with van der Waals surface area (Å²) < 4.78 is 0. The maximum absolute atomic E-state index is 11.3. The molecular weight excluding hydrogens is 152 g/mol. The van der Waals surface area contributed by atoms with E-state index >= 15 is 0 Å². The average molecular weight is 168 g/mol. The highest BCUT2D eigenvalue weighted by Gasteiger charge is 2.39. The van der Waals surface area contributed by atoms with E-state index in [-0.39, 0.29) is 5.78 Å². The fourth-order valence-electron chi connectivity index (χ4n) is 1.57. The molecule has 0 aromatic heterocycles. The van der Waals surface area contributed by atoms with Gasteiger partial charge in [-0.15, -0.1) is 0 Å². The first-order valence-corrected chi connectivity index (χ1v) is 4.54. The summed E-state index contributed by atoms with van der Waals surface area (Å²) in [6.45, 7) is 3.89. The van der Waals surface area contributed by atoms with E-state index in [1.54, 1.807) is 0 Å². The molecule has 0 bridgehead atoms. The fourth-order valence-corrected chi connectivity index (χ4v) is 1.57. The Balaban J connectivity index is 2.67. The lowest BCUT2D eigenvalue weighted by Gasteiger charge is -2.22. The maximum Gasteiger partial charge on any atom is 0.172 e. The van der Waals surface area contributed by atoms with Gasteiger partial charge in [0, 0.05) is 6.42 Å². The van der Waals surface area contributed by atoms with E-state index in [1.807, 2.05) is 13.0 Å². The Morgan fingerprint density at radius 3 is 2.75 bits per heavy atom. The number of aliphatic hydroxyl groups is 1. The molecule has 0 aromatic carbocycles. The van der Waals surface area contributed by atoms with E-state index in [1.165, 1.54) is 0 Å². The van der Waals surface area contributed by atoms with E-state index in [9.17, 15) is 9.90 Å². The van der Waals surface area contributed by atoms with Crippen LogP contribution < -0.4 is 0 Å². The minimum absolute atomic E-state index is 0.0338. The van der Waals surface area contributed by atoms with Crippen molar-refractivity contribution in [1.82, 2.24) is 0 Å². The Labute approximate surface area is 73.3 Å². The fraction of sp³-hybridized carbons (Fsp3) is 0.700. The van der Waals surface area contributed by atoms with Crippen LogP contribution in [0.25, 0.3) is 0 Å². The number of allylic oxidation sites excluding steroid dienone is 1. The summed E-state index contributed by atoms with van der Waals surface area (Å²) in [6, 6.07) is 0. The lowest BCUT2D eigenvalue weighted by atomic mass is 9.90. The number of ketones is 1. The van der Waals surface area contributed by atoms with Crippen molar-refractivity contribution in [1.29, 1.82) is 0 Å². The van der Waals surface area contributed by atoms with Crippen LogP contribution in [0.4, 0.5) is 0 Å². The molecular formula is C10H16O2. The first kappa shape index (κ1) is 9.46. The highest BCUT2D eigenvalue weighted by atomic mass is 16.3. The number of unbranched alkanes of at least 4 members (excludes halogenated alkanes) is 1. The van der Waals surface area contributed by atoms with Crippen molar-refractivity contribution in [3.63, 3.8) is 0 Å². The van der Waals surface area contributed by atoms with Crippen LogP contribution >= 0.6 is 0 Å². The van der Waals surface area contributed by atoms with Gasteiger partial charge in [0.15, 0.2) is 5.78 Å². The summed E-state index contributed by atoms with van der Waals surface area (Å²) in [6.07, 6.45) is 4.75. The zero-order valence-corrected chi connectivity index (χ0v) is 7.76. The van der Waals surface area contributed by atoms with Crippen molar-refractivity contribution >= 4 is 5.78 Å². The van der Waals surface area contributed by atoms with Crippen LogP contribution in [-0.4, -0.2) is 16.5 Å².